The van der Waals surface area contributed by atoms with Gasteiger partial charge in [-0.2, -0.15) is 0 Å². The van der Waals surface area contributed by atoms with E-state index in [0.29, 0.717) is 5.69 Å². The van der Waals surface area contributed by atoms with Gasteiger partial charge in [-0.25, -0.2) is 0 Å². The number of anilines is 2. The van der Waals surface area contributed by atoms with Crippen LogP contribution in [0.15, 0.2) is 30.3 Å². The standard InChI is InChI=1S/C28H30N4O/c1-4-17-14-21-22(16-24(17)32-12-10-31(11-13-32)19-6-5-7-19)28(2,3)27-25(26(21)33)20-9-8-18(29)15-23(20)30-27/h1,8-9,14-16,19,30H,5-7,10-13,29H2,2-3H3. The highest BCUT2D eigenvalue weighted by atomic mass is 16.1. The second-order valence-electron chi connectivity index (χ2n) is 10.3. The van der Waals surface area contributed by atoms with E-state index >= 15 is 0 Å². The summed E-state index contributed by atoms with van der Waals surface area (Å²) in [5, 5.41) is 0.918. The number of hydrogen-bond donors (Lipinski definition) is 2. The van der Waals surface area contributed by atoms with Gasteiger partial charge in [0.1, 0.15) is 0 Å². The molecule has 3 aromatic rings. The molecule has 1 aromatic heterocycles. The van der Waals surface area contributed by atoms with E-state index in [2.05, 4.69) is 40.6 Å². The number of nitrogens with two attached hydrogens (primary N) is 1. The first-order valence-corrected chi connectivity index (χ1v) is 12.0. The zero-order valence-corrected chi connectivity index (χ0v) is 19.4. The van der Waals surface area contributed by atoms with Crippen molar-refractivity contribution < 1.29 is 4.79 Å². The van der Waals surface area contributed by atoms with Gasteiger partial charge in [-0.05, 0) is 42.7 Å². The van der Waals surface area contributed by atoms with E-state index in [0.717, 1.165) is 76.8 Å². The van der Waals surface area contributed by atoms with E-state index in [1.807, 2.05) is 24.3 Å². The Hall–Kier alpha value is -3.23. The second-order valence-corrected chi connectivity index (χ2v) is 10.3. The molecule has 168 valence electrons. The van der Waals surface area contributed by atoms with Gasteiger partial charge < -0.3 is 15.6 Å². The van der Waals surface area contributed by atoms with Crippen LogP contribution >= 0.6 is 0 Å². The minimum atomic E-state index is -0.359. The van der Waals surface area contributed by atoms with Gasteiger partial charge in [0.15, 0.2) is 5.78 Å². The quantitative estimate of drug-likeness (QED) is 0.463. The van der Waals surface area contributed by atoms with Crippen molar-refractivity contribution >= 4 is 28.1 Å². The van der Waals surface area contributed by atoms with Crippen molar-refractivity contribution in [3.63, 3.8) is 0 Å². The number of piperazine rings is 1. The Kier molecular flexibility index (Phi) is 4.41. The molecule has 0 spiro atoms. The number of nitrogen functional groups attached to an aromatic ring is 1. The molecule has 3 N–H and O–H groups in total. The van der Waals surface area contributed by atoms with Gasteiger partial charge in [-0.1, -0.05) is 32.3 Å². The second kappa shape index (κ2) is 7.13. The van der Waals surface area contributed by atoms with Gasteiger partial charge in [0.05, 0.1) is 11.3 Å². The average molecular weight is 439 g/mol. The predicted molar refractivity (Wildman–Crippen MR) is 134 cm³/mol. The van der Waals surface area contributed by atoms with Gasteiger partial charge in [-0.3, -0.25) is 9.69 Å². The monoisotopic (exact) mass is 438 g/mol. The highest BCUT2D eigenvalue weighted by Crippen LogP contribution is 2.45. The number of nitrogens with zero attached hydrogens (tertiary/aromatic N) is 2. The number of H-pyrrole nitrogens is 1. The minimum absolute atomic E-state index is 0.0354. The number of aromatic amines is 1. The maximum absolute atomic E-state index is 13.7. The van der Waals surface area contributed by atoms with Gasteiger partial charge in [0, 0.05) is 71.0 Å². The maximum Gasteiger partial charge on any atom is 0.195 e. The first-order chi connectivity index (χ1) is 15.9. The smallest absolute Gasteiger partial charge is 0.195 e. The van der Waals surface area contributed by atoms with Crippen LogP contribution in [0, 0.1) is 12.3 Å². The fraction of sp³-hybridized carbons (Fsp3) is 0.393. The summed E-state index contributed by atoms with van der Waals surface area (Å²) in [6.07, 6.45) is 10.0. The molecule has 0 atom stereocenters. The third-order valence-electron chi connectivity index (χ3n) is 8.13. The summed E-state index contributed by atoms with van der Waals surface area (Å²) in [5.41, 5.74) is 12.6. The number of ketones is 1. The van der Waals surface area contributed by atoms with Crippen LogP contribution in [0.1, 0.15) is 65.9 Å². The van der Waals surface area contributed by atoms with E-state index in [1.54, 1.807) is 0 Å². The number of carbonyl (C=O) groups is 1. The molecule has 5 heteroatoms. The van der Waals surface area contributed by atoms with Crippen LogP contribution in [0.3, 0.4) is 0 Å². The van der Waals surface area contributed by atoms with Crippen molar-refractivity contribution in [3.8, 4) is 12.3 Å². The maximum atomic E-state index is 13.7. The normalized spacial score (nSPS) is 20.3. The third-order valence-corrected chi connectivity index (χ3v) is 8.13. The van der Waals surface area contributed by atoms with Crippen LogP contribution in [-0.2, 0) is 5.41 Å². The summed E-state index contributed by atoms with van der Waals surface area (Å²) in [4.78, 5) is 22.3. The number of fused-ring (bicyclic) bond motifs is 4. The number of rotatable bonds is 2. The number of nitrogens with one attached hydrogen (secondary N) is 1. The number of hydrogen-bond acceptors (Lipinski definition) is 4. The number of aromatic nitrogens is 1. The number of carbonyl (C=O) groups excluding carboxylic acids is 1. The lowest BCUT2D eigenvalue weighted by molar-refractivity contribution is 0.103. The summed E-state index contributed by atoms with van der Waals surface area (Å²) >= 11 is 0. The Labute approximate surface area is 194 Å². The molecule has 0 radical (unpaired) electrons. The van der Waals surface area contributed by atoms with Crippen molar-refractivity contribution in [2.45, 2.75) is 44.6 Å². The molecule has 3 aliphatic rings. The molecule has 0 bridgehead atoms. The molecule has 33 heavy (non-hydrogen) atoms. The number of benzene rings is 2. The molecule has 1 saturated heterocycles. The Morgan fingerprint density at radius 3 is 2.55 bits per heavy atom. The van der Waals surface area contributed by atoms with Gasteiger partial charge in [-0.15, -0.1) is 6.42 Å². The van der Waals surface area contributed by atoms with E-state index < -0.39 is 0 Å². The van der Waals surface area contributed by atoms with Crippen LogP contribution in [-0.4, -0.2) is 47.9 Å². The SMILES string of the molecule is C#Cc1cc2c(cc1N1CCN(C3CCC3)CC1)C(C)(C)c1[nH]c3cc(N)ccc3c1C2=O. The fourth-order valence-electron chi connectivity index (χ4n) is 5.94. The Morgan fingerprint density at radius 2 is 1.88 bits per heavy atom. The van der Waals surface area contributed by atoms with Crippen LogP contribution < -0.4 is 10.6 Å². The van der Waals surface area contributed by atoms with Gasteiger partial charge >= 0.3 is 0 Å². The first kappa shape index (κ1) is 20.4. The molecule has 0 amide bonds. The Morgan fingerprint density at radius 1 is 1.12 bits per heavy atom. The summed E-state index contributed by atoms with van der Waals surface area (Å²) in [6.45, 7) is 8.45. The lowest BCUT2D eigenvalue weighted by atomic mass is 9.70. The topological polar surface area (TPSA) is 65.4 Å². The largest absolute Gasteiger partial charge is 0.399 e. The van der Waals surface area contributed by atoms with E-state index in [4.69, 9.17) is 12.2 Å². The molecule has 6 rings (SSSR count). The van der Waals surface area contributed by atoms with Crippen LogP contribution in [0.25, 0.3) is 10.9 Å². The van der Waals surface area contributed by atoms with Crippen LogP contribution in [0.4, 0.5) is 11.4 Å². The molecule has 1 saturated carbocycles. The zero-order valence-electron chi connectivity index (χ0n) is 19.4. The molecular formula is C28H30N4O. The first-order valence-electron chi connectivity index (χ1n) is 12.0. The summed E-state index contributed by atoms with van der Waals surface area (Å²) < 4.78 is 0. The van der Waals surface area contributed by atoms with Gasteiger partial charge in [0.25, 0.3) is 0 Å². The summed E-state index contributed by atoms with van der Waals surface area (Å²) in [6, 6.07) is 10.6. The number of terminal acetylenes is 1. The molecular weight excluding hydrogens is 408 g/mol. The fourth-order valence-corrected chi connectivity index (χ4v) is 5.94. The van der Waals surface area contributed by atoms with Crippen molar-refractivity contribution in [2.24, 2.45) is 0 Å². The minimum Gasteiger partial charge on any atom is -0.399 e. The molecule has 2 aliphatic carbocycles. The highest BCUT2D eigenvalue weighted by Gasteiger charge is 2.40. The zero-order chi connectivity index (χ0) is 22.9. The van der Waals surface area contributed by atoms with Crippen molar-refractivity contribution in [1.82, 2.24) is 9.88 Å². The highest BCUT2D eigenvalue weighted by molar-refractivity contribution is 6.20. The van der Waals surface area contributed by atoms with Crippen molar-refractivity contribution in [1.29, 1.82) is 0 Å². The molecule has 5 nitrogen and oxygen atoms in total. The van der Waals surface area contributed by atoms with Crippen LogP contribution in [0.2, 0.25) is 0 Å². The summed E-state index contributed by atoms with van der Waals surface area (Å²) in [5.74, 6) is 2.91. The third kappa shape index (κ3) is 2.94. The lowest BCUT2D eigenvalue weighted by Crippen LogP contribution is -2.52. The van der Waals surface area contributed by atoms with Crippen molar-refractivity contribution in [2.75, 3.05) is 36.8 Å². The molecule has 0 unspecified atom stereocenters. The molecule has 2 aromatic carbocycles. The molecule has 2 fully saturated rings. The lowest BCUT2D eigenvalue weighted by Gasteiger charge is -2.44. The van der Waals surface area contributed by atoms with E-state index in [-0.39, 0.29) is 11.2 Å². The Bertz CT molecular complexity index is 1330. The van der Waals surface area contributed by atoms with Crippen LogP contribution in [0.5, 0.6) is 0 Å². The predicted octanol–water partition coefficient (Wildman–Crippen LogP) is 4.28. The molecule has 1 aliphatic heterocycles. The van der Waals surface area contributed by atoms with Crippen molar-refractivity contribution in [3.05, 3.63) is 58.3 Å². The molecule has 2 heterocycles. The van der Waals surface area contributed by atoms with E-state index in [9.17, 15) is 4.79 Å². The summed E-state index contributed by atoms with van der Waals surface area (Å²) in [7, 11) is 0. The van der Waals surface area contributed by atoms with Gasteiger partial charge in [0.2, 0.25) is 0 Å². The van der Waals surface area contributed by atoms with E-state index in [1.165, 1.54) is 19.3 Å². The average Bonchev–Trinajstić information content (AvgIpc) is 3.16. The Balaban J connectivity index is 1.43.